The van der Waals surface area contributed by atoms with Crippen molar-refractivity contribution in [1.29, 1.82) is 0 Å². The van der Waals surface area contributed by atoms with E-state index in [1.54, 1.807) is 0 Å². The first-order valence-electron chi connectivity index (χ1n) is 8.21. The van der Waals surface area contributed by atoms with Gasteiger partial charge >= 0.3 is 6.61 Å². The van der Waals surface area contributed by atoms with Crippen molar-refractivity contribution in [3.63, 3.8) is 0 Å². The molecule has 1 atom stereocenters. The summed E-state index contributed by atoms with van der Waals surface area (Å²) in [6.07, 6.45) is 0.183. The number of nitrogens with zero attached hydrogens (tertiary/aromatic N) is 1. The molecule has 27 heavy (non-hydrogen) atoms. The minimum absolute atomic E-state index is 0.0507. The summed E-state index contributed by atoms with van der Waals surface area (Å²) in [5.41, 5.74) is 2.18. The number of guanidine groups is 1. The van der Waals surface area contributed by atoms with Crippen LogP contribution in [0.5, 0.6) is 5.75 Å². The van der Waals surface area contributed by atoms with Crippen LogP contribution < -0.4 is 15.4 Å². The zero-order valence-electron chi connectivity index (χ0n) is 14.4. The van der Waals surface area contributed by atoms with E-state index in [9.17, 15) is 18.4 Å². The molecule has 0 bridgehead atoms. The maximum atomic E-state index is 12.3. The topological polar surface area (TPSA) is 79.8 Å². The minimum Gasteiger partial charge on any atom is -0.435 e. The standard InChI is InChI=1S/C19H17F2N3O3/c1-11-2-4-12(5-3-11)15-10-16(25)23-19(22-15)24-17(26)13-6-8-14(9-7-13)27-18(20)21/h2-9,15,18H,10H2,1H3,(H2,22,23,24,25,26). The predicted molar refractivity (Wildman–Crippen MR) is 94.7 cm³/mol. The molecule has 6 nitrogen and oxygen atoms in total. The van der Waals surface area contributed by atoms with E-state index in [0.717, 1.165) is 11.1 Å². The fourth-order valence-electron chi connectivity index (χ4n) is 2.60. The van der Waals surface area contributed by atoms with E-state index in [2.05, 4.69) is 20.4 Å². The SMILES string of the molecule is Cc1ccc(C2CC(=O)NC(NC(=O)c3ccc(OC(F)F)cc3)=N2)cc1. The van der Waals surface area contributed by atoms with Crippen molar-refractivity contribution in [3.8, 4) is 5.75 Å². The van der Waals surface area contributed by atoms with Crippen molar-refractivity contribution in [2.45, 2.75) is 26.0 Å². The number of rotatable bonds is 4. The Morgan fingerprint density at radius 2 is 1.85 bits per heavy atom. The highest BCUT2D eigenvalue weighted by Crippen LogP contribution is 2.23. The molecule has 2 N–H and O–H groups in total. The van der Waals surface area contributed by atoms with Crippen LogP contribution in [0.1, 0.15) is 33.9 Å². The van der Waals surface area contributed by atoms with Crippen molar-refractivity contribution in [3.05, 3.63) is 65.2 Å². The van der Waals surface area contributed by atoms with Gasteiger partial charge in [-0.2, -0.15) is 8.78 Å². The Kier molecular flexibility index (Phi) is 5.44. The normalized spacial score (nSPS) is 16.5. The second kappa shape index (κ2) is 7.94. The Bertz CT molecular complexity index is 865. The fraction of sp³-hybridized carbons (Fsp3) is 0.211. The molecule has 0 saturated heterocycles. The van der Waals surface area contributed by atoms with Gasteiger partial charge in [0, 0.05) is 5.56 Å². The lowest BCUT2D eigenvalue weighted by molar-refractivity contribution is -0.120. The van der Waals surface area contributed by atoms with Gasteiger partial charge in [0.2, 0.25) is 11.9 Å². The maximum absolute atomic E-state index is 12.3. The van der Waals surface area contributed by atoms with Crippen LogP contribution in [0.25, 0.3) is 0 Å². The molecule has 0 radical (unpaired) electrons. The van der Waals surface area contributed by atoms with Gasteiger partial charge < -0.3 is 4.74 Å². The molecule has 2 aromatic rings. The monoisotopic (exact) mass is 373 g/mol. The van der Waals surface area contributed by atoms with Crippen LogP contribution in [0, 0.1) is 6.92 Å². The number of hydrogen-bond acceptors (Lipinski definition) is 4. The maximum Gasteiger partial charge on any atom is 0.387 e. The van der Waals surface area contributed by atoms with Crippen molar-refractivity contribution >= 4 is 17.8 Å². The van der Waals surface area contributed by atoms with Crippen LogP contribution in [-0.4, -0.2) is 24.4 Å². The second-order valence-corrected chi connectivity index (χ2v) is 6.01. The number of nitrogens with one attached hydrogen (secondary N) is 2. The number of aliphatic imine (C=N–C) groups is 1. The van der Waals surface area contributed by atoms with Crippen molar-refractivity contribution in [2.24, 2.45) is 4.99 Å². The average molecular weight is 373 g/mol. The van der Waals surface area contributed by atoms with E-state index in [1.807, 2.05) is 31.2 Å². The summed E-state index contributed by atoms with van der Waals surface area (Å²) < 4.78 is 28.6. The van der Waals surface area contributed by atoms with E-state index >= 15 is 0 Å². The summed E-state index contributed by atoms with van der Waals surface area (Å²) in [7, 11) is 0. The quantitative estimate of drug-likeness (QED) is 0.865. The van der Waals surface area contributed by atoms with Crippen molar-refractivity contribution in [1.82, 2.24) is 10.6 Å². The first kappa shape index (κ1) is 18.5. The molecule has 1 aliphatic rings. The van der Waals surface area contributed by atoms with Gasteiger partial charge in [0.15, 0.2) is 0 Å². The number of carbonyl (C=O) groups excluding carboxylic acids is 2. The molecule has 2 aromatic carbocycles. The average Bonchev–Trinajstić information content (AvgIpc) is 2.62. The predicted octanol–water partition coefficient (Wildman–Crippen LogP) is 2.94. The zero-order valence-corrected chi connectivity index (χ0v) is 14.4. The van der Waals surface area contributed by atoms with Crippen LogP contribution in [0.15, 0.2) is 53.5 Å². The van der Waals surface area contributed by atoms with E-state index in [1.165, 1.54) is 24.3 Å². The lowest BCUT2D eigenvalue weighted by Crippen LogP contribution is -2.47. The summed E-state index contributed by atoms with van der Waals surface area (Å²) in [5.74, 6) is -0.784. The summed E-state index contributed by atoms with van der Waals surface area (Å²) in [5, 5.41) is 5.05. The zero-order chi connectivity index (χ0) is 19.4. The molecule has 0 aliphatic carbocycles. The number of carbonyl (C=O) groups is 2. The van der Waals surface area contributed by atoms with Crippen LogP contribution >= 0.6 is 0 Å². The molecule has 1 unspecified atom stereocenters. The fourth-order valence-corrected chi connectivity index (χ4v) is 2.60. The molecule has 1 aliphatic heterocycles. The molecule has 0 aromatic heterocycles. The number of benzene rings is 2. The van der Waals surface area contributed by atoms with E-state index in [-0.39, 0.29) is 29.6 Å². The summed E-state index contributed by atoms with van der Waals surface area (Å²) in [6.45, 7) is -0.973. The number of alkyl halides is 2. The third kappa shape index (κ3) is 4.87. The summed E-state index contributed by atoms with van der Waals surface area (Å²) >= 11 is 0. The molecule has 8 heteroatoms. The molecule has 0 saturated carbocycles. The molecule has 0 fully saturated rings. The lowest BCUT2D eigenvalue weighted by Gasteiger charge is -2.21. The highest BCUT2D eigenvalue weighted by atomic mass is 19.3. The van der Waals surface area contributed by atoms with Gasteiger partial charge in [0.1, 0.15) is 5.75 Å². The van der Waals surface area contributed by atoms with E-state index in [0.29, 0.717) is 0 Å². The highest BCUT2D eigenvalue weighted by molar-refractivity contribution is 6.10. The van der Waals surface area contributed by atoms with Gasteiger partial charge in [-0.1, -0.05) is 29.8 Å². The van der Waals surface area contributed by atoms with Crippen molar-refractivity contribution in [2.75, 3.05) is 0 Å². The Labute approximate surface area is 154 Å². The van der Waals surface area contributed by atoms with Crippen LogP contribution in [0.4, 0.5) is 8.78 Å². The van der Waals surface area contributed by atoms with Gasteiger partial charge in [-0.15, -0.1) is 0 Å². The van der Waals surface area contributed by atoms with E-state index in [4.69, 9.17) is 0 Å². The summed E-state index contributed by atoms with van der Waals surface area (Å²) in [4.78, 5) is 28.7. The number of ether oxygens (including phenoxy) is 1. The third-order valence-electron chi connectivity index (χ3n) is 3.96. The molecule has 3 rings (SSSR count). The molecule has 2 amide bonds. The number of aryl methyl sites for hydroxylation is 1. The highest BCUT2D eigenvalue weighted by Gasteiger charge is 2.23. The van der Waals surface area contributed by atoms with Crippen LogP contribution in [0.3, 0.4) is 0 Å². The van der Waals surface area contributed by atoms with Crippen LogP contribution in [-0.2, 0) is 4.79 Å². The Hall–Kier alpha value is -3.29. The number of amides is 2. The van der Waals surface area contributed by atoms with Crippen LogP contribution in [0.2, 0.25) is 0 Å². The Morgan fingerprint density at radius 1 is 1.19 bits per heavy atom. The Balaban J connectivity index is 1.72. The minimum atomic E-state index is -2.94. The first-order chi connectivity index (χ1) is 12.9. The number of hydrogen-bond donors (Lipinski definition) is 2. The number of halogens is 2. The lowest BCUT2D eigenvalue weighted by atomic mass is 10.0. The molecule has 1 heterocycles. The van der Waals surface area contributed by atoms with Gasteiger partial charge in [-0.3, -0.25) is 20.2 Å². The van der Waals surface area contributed by atoms with Crippen molar-refractivity contribution < 1.29 is 23.1 Å². The molecular formula is C19H17F2N3O3. The van der Waals surface area contributed by atoms with E-state index < -0.39 is 18.6 Å². The third-order valence-corrected chi connectivity index (χ3v) is 3.96. The second-order valence-electron chi connectivity index (χ2n) is 6.01. The van der Waals surface area contributed by atoms with Gasteiger partial charge in [-0.05, 0) is 36.8 Å². The first-order valence-corrected chi connectivity index (χ1v) is 8.21. The molecule has 140 valence electrons. The van der Waals surface area contributed by atoms with Gasteiger partial charge in [0.05, 0.1) is 12.5 Å². The van der Waals surface area contributed by atoms with Gasteiger partial charge in [-0.25, -0.2) is 4.99 Å². The smallest absolute Gasteiger partial charge is 0.387 e. The molecular weight excluding hydrogens is 356 g/mol. The largest absolute Gasteiger partial charge is 0.435 e. The summed E-state index contributed by atoms with van der Waals surface area (Å²) in [6, 6.07) is 12.5. The van der Waals surface area contributed by atoms with Gasteiger partial charge in [0.25, 0.3) is 5.91 Å². The Morgan fingerprint density at radius 3 is 2.48 bits per heavy atom. The molecule has 0 spiro atoms.